The predicted octanol–water partition coefficient (Wildman–Crippen LogP) is 5.04. The maximum Gasteiger partial charge on any atom is 0.0495 e. The zero-order valence-corrected chi connectivity index (χ0v) is 13.3. The highest BCUT2D eigenvalue weighted by molar-refractivity contribution is 14.1. The van der Waals surface area contributed by atoms with E-state index in [1.165, 1.54) is 23.5 Å². The van der Waals surface area contributed by atoms with Crippen molar-refractivity contribution in [2.45, 2.75) is 13.5 Å². The molecule has 0 unspecified atom stereocenters. The fraction of sp³-hybridized carbons (Fsp3) is 0.167. The van der Waals surface area contributed by atoms with Crippen LogP contribution in [0.25, 0.3) is 0 Å². The second-order valence-electron chi connectivity index (χ2n) is 3.45. The molecule has 16 heavy (non-hydrogen) atoms. The van der Waals surface area contributed by atoms with Crippen molar-refractivity contribution < 1.29 is 0 Å². The Kier molecular flexibility index (Phi) is 4.27. The predicted molar refractivity (Wildman–Crippen MR) is 83.2 cm³/mol. The first-order valence-electron chi connectivity index (χ1n) is 4.90. The van der Waals surface area contributed by atoms with Crippen molar-refractivity contribution in [3.8, 4) is 0 Å². The van der Waals surface area contributed by atoms with Crippen molar-refractivity contribution in [3.63, 3.8) is 0 Å². The van der Waals surface area contributed by atoms with Crippen molar-refractivity contribution >= 4 is 55.5 Å². The standard InChI is InChI=1S/C12H11BrINS/c1-8-10(13)6-9(16-8)7-15-12-5-3-2-4-11(12)14/h2-6,15H,7H2,1H3. The van der Waals surface area contributed by atoms with Crippen LogP contribution in [-0.4, -0.2) is 0 Å². The SMILES string of the molecule is Cc1sc(CNc2ccccc2I)cc1Br. The molecule has 0 aliphatic rings. The molecule has 1 N–H and O–H groups in total. The molecular weight excluding hydrogens is 397 g/mol. The Bertz CT molecular complexity index is 476. The summed E-state index contributed by atoms with van der Waals surface area (Å²) in [6.07, 6.45) is 0. The second kappa shape index (κ2) is 5.51. The molecule has 1 aromatic carbocycles. The van der Waals surface area contributed by atoms with Crippen LogP contribution in [0.1, 0.15) is 9.75 Å². The summed E-state index contributed by atoms with van der Waals surface area (Å²) in [7, 11) is 0. The molecule has 0 atom stereocenters. The molecule has 0 aliphatic heterocycles. The summed E-state index contributed by atoms with van der Waals surface area (Å²) in [4.78, 5) is 2.68. The third kappa shape index (κ3) is 2.99. The van der Waals surface area contributed by atoms with E-state index in [0.29, 0.717) is 0 Å². The van der Waals surface area contributed by atoms with Crippen LogP contribution in [0.4, 0.5) is 5.69 Å². The smallest absolute Gasteiger partial charge is 0.0495 e. The van der Waals surface area contributed by atoms with Gasteiger partial charge in [0.2, 0.25) is 0 Å². The Hall–Kier alpha value is -0.0700. The minimum absolute atomic E-state index is 0.886. The van der Waals surface area contributed by atoms with Crippen LogP contribution in [-0.2, 0) is 6.54 Å². The number of nitrogens with one attached hydrogen (secondary N) is 1. The molecule has 84 valence electrons. The molecule has 0 fully saturated rings. The summed E-state index contributed by atoms with van der Waals surface area (Å²) in [5.74, 6) is 0. The molecule has 1 aromatic heterocycles. The fourth-order valence-electron chi connectivity index (χ4n) is 1.39. The van der Waals surface area contributed by atoms with Crippen LogP contribution < -0.4 is 5.32 Å². The van der Waals surface area contributed by atoms with Gasteiger partial charge in [-0.05, 0) is 63.6 Å². The van der Waals surface area contributed by atoms with Crippen LogP contribution in [0.2, 0.25) is 0 Å². The Morgan fingerprint density at radius 1 is 1.38 bits per heavy atom. The Balaban J connectivity index is 2.05. The summed E-state index contributed by atoms with van der Waals surface area (Å²) in [6, 6.07) is 10.5. The lowest BCUT2D eigenvalue weighted by atomic mass is 10.3. The molecule has 0 saturated carbocycles. The maximum atomic E-state index is 3.54. The van der Waals surface area contributed by atoms with Gasteiger partial charge in [-0.2, -0.15) is 0 Å². The molecule has 0 saturated heterocycles. The van der Waals surface area contributed by atoms with Gasteiger partial charge in [-0.25, -0.2) is 0 Å². The van der Waals surface area contributed by atoms with Crippen molar-refractivity contribution in [2.24, 2.45) is 0 Å². The average molecular weight is 408 g/mol. The van der Waals surface area contributed by atoms with Gasteiger partial charge in [-0.15, -0.1) is 11.3 Å². The first kappa shape index (κ1) is 12.4. The van der Waals surface area contributed by atoms with Gasteiger partial charge in [-0.3, -0.25) is 0 Å². The first-order chi connectivity index (χ1) is 7.66. The first-order valence-corrected chi connectivity index (χ1v) is 7.59. The van der Waals surface area contributed by atoms with E-state index in [-0.39, 0.29) is 0 Å². The van der Waals surface area contributed by atoms with Crippen molar-refractivity contribution in [1.29, 1.82) is 0 Å². The molecule has 4 heteroatoms. The van der Waals surface area contributed by atoms with E-state index < -0.39 is 0 Å². The Labute approximate surface area is 122 Å². The number of hydrogen-bond donors (Lipinski definition) is 1. The quantitative estimate of drug-likeness (QED) is 0.703. The molecule has 1 heterocycles. The maximum absolute atomic E-state index is 3.54. The molecular formula is C12H11BrINS. The number of benzene rings is 1. The van der Waals surface area contributed by atoms with Crippen LogP contribution in [0, 0.1) is 10.5 Å². The van der Waals surface area contributed by atoms with Gasteiger partial charge in [-0.1, -0.05) is 12.1 Å². The van der Waals surface area contributed by atoms with E-state index in [4.69, 9.17) is 0 Å². The van der Waals surface area contributed by atoms with Crippen molar-refractivity contribution in [3.05, 3.63) is 48.1 Å². The Morgan fingerprint density at radius 2 is 2.12 bits per heavy atom. The topological polar surface area (TPSA) is 12.0 Å². The average Bonchev–Trinajstić information content (AvgIpc) is 2.57. The van der Waals surface area contributed by atoms with E-state index in [1.807, 2.05) is 11.3 Å². The third-order valence-corrected chi connectivity index (χ3v) is 5.31. The van der Waals surface area contributed by atoms with Crippen LogP contribution >= 0.6 is 49.9 Å². The molecule has 0 amide bonds. The summed E-state index contributed by atoms with van der Waals surface area (Å²) >= 11 is 7.71. The zero-order chi connectivity index (χ0) is 11.5. The normalized spacial score (nSPS) is 10.4. The highest BCUT2D eigenvalue weighted by Crippen LogP contribution is 2.27. The van der Waals surface area contributed by atoms with E-state index in [1.54, 1.807) is 0 Å². The second-order valence-corrected chi connectivity index (χ2v) is 6.81. The van der Waals surface area contributed by atoms with Gasteiger partial charge < -0.3 is 5.32 Å². The lowest BCUT2D eigenvalue weighted by Gasteiger charge is -2.06. The Morgan fingerprint density at radius 3 is 2.75 bits per heavy atom. The van der Waals surface area contributed by atoms with Crippen molar-refractivity contribution in [1.82, 2.24) is 0 Å². The van der Waals surface area contributed by atoms with Gasteiger partial charge in [0.05, 0.1) is 0 Å². The van der Waals surface area contributed by atoms with Gasteiger partial charge in [0.15, 0.2) is 0 Å². The number of hydrogen-bond acceptors (Lipinski definition) is 2. The number of halogens is 2. The largest absolute Gasteiger partial charge is 0.379 e. The molecule has 0 bridgehead atoms. The molecule has 1 nitrogen and oxygen atoms in total. The van der Waals surface area contributed by atoms with E-state index >= 15 is 0 Å². The summed E-state index contributed by atoms with van der Waals surface area (Å²) in [5.41, 5.74) is 1.20. The van der Waals surface area contributed by atoms with Crippen LogP contribution in [0.15, 0.2) is 34.8 Å². The van der Waals surface area contributed by atoms with E-state index in [0.717, 1.165) is 6.54 Å². The molecule has 2 aromatic rings. The van der Waals surface area contributed by atoms with E-state index in [2.05, 4.69) is 81.1 Å². The highest BCUT2D eigenvalue weighted by Gasteiger charge is 2.03. The molecule has 2 rings (SSSR count). The monoisotopic (exact) mass is 407 g/mol. The van der Waals surface area contributed by atoms with Gasteiger partial charge in [0, 0.05) is 30.0 Å². The van der Waals surface area contributed by atoms with Gasteiger partial charge >= 0.3 is 0 Å². The highest BCUT2D eigenvalue weighted by atomic mass is 127. The molecule has 0 spiro atoms. The van der Waals surface area contributed by atoms with Crippen LogP contribution in [0.3, 0.4) is 0 Å². The third-order valence-electron chi connectivity index (χ3n) is 2.24. The van der Waals surface area contributed by atoms with Gasteiger partial charge in [0.25, 0.3) is 0 Å². The molecule has 0 aliphatic carbocycles. The lowest BCUT2D eigenvalue weighted by Crippen LogP contribution is -1.98. The molecule has 0 radical (unpaired) electrons. The van der Waals surface area contributed by atoms with Crippen LogP contribution in [0.5, 0.6) is 0 Å². The lowest BCUT2D eigenvalue weighted by molar-refractivity contribution is 1.19. The summed E-state index contributed by atoms with van der Waals surface area (Å²) in [5, 5.41) is 3.45. The number of anilines is 1. The van der Waals surface area contributed by atoms with E-state index in [9.17, 15) is 0 Å². The number of aryl methyl sites for hydroxylation is 1. The number of thiophene rings is 1. The summed E-state index contributed by atoms with van der Waals surface area (Å²) in [6.45, 7) is 3.02. The minimum Gasteiger partial charge on any atom is -0.379 e. The number of para-hydroxylation sites is 1. The minimum atomic E-state index is 0.886. The fourth-order valence-corrected chi connectivity index (χ4v) is 3.51. The van der Waals surface area contributed by atoms with Gasteiger partial charge in [0.1, 0.15) is 0 Å². The zero-order valence-electron chi connectivity index (χ0n) is 8.76. The summed E-state index contributed by atoms with van der Waals surface area (Å²) < 4.78 is 2.46. The van der Waals surface area contributed by atoms with Crippen molar-refractivity contribution in [2.75, 3.05) is 5.32 Å². The number of rotatable bonds is 3.